The Bertz CT molecular complexity index is 383. The quantitative estimate of drug-likeness (QED) is 0.821. The summed E-state index contributed by atoms with van der Waals surface area (Å²) in [4.78, 5) is 13.8. The van der Waals surface area contributed by atoms with Crippen molar-refractivity contribution in [2.24, 2.45) is 11.7 Å². The maximum atomic E-state index is 11.9. The number of likely N-dealkylation sites (tertiary alicyclic amines) is 1. The van der Waals surface area contributed by atoms with E-state index in [1.54, 1.807) is 0 Å². The maximum absolute atomic E-state index is 11.9. The number of hydrogen-bond donors (Lipinski definition) is 1. The monoisotopic (exact) mass is 218 g/mol. The first-order valence-electron chi connectivity index (χ1n) is 5.73. The summed E-state index contributed by atoms with van der Waals surface area (Å²) in [5.41, 5.74) is 7.85. The van der Waals surface area contributed by atoms with Crippen molar-refractivity contribution in [3.05, 3.63) is 35.4 Å². The van der Waals surface area contributed by atoms with Crippen LogP contribution in [0.3, 0.4) is 0 Å². The van der Waals surface area contributed by atoms with E-state index < -0.39 is 0 Å². The van der Waals surface area contributed by atoms with Crippen LogP contribution in [0.15, 0.2) is 24.3 Å². The number of carbonyl (C=O) groups excluding carboxylic acids is 1. The fraction of sp³-hybridized carbons (Fsp3) is 0.462. The standard InChI is InChI=1S/C13H18N2O/c1-10-4-2-3-5-12(10)6-13(16)15-8-11(7-14)9-15/h2-5,11H,6-9,14H2,1H3. The number of benzene rings is 1. The van der Waals surface area contributed by atoms with Gasteiger partial charge in [-0.3, -0.25) is 4.79 Å². The molecule has 1 heterocycles. The van der Waals surface area contributed by atoms with Gasteiger partial charge in [-0.2, -0.15) is 0 Å². The van der Waals surface area contributed by atoms with Gasteiger partial charge in [0.1, 0.15) is 0 Å². The molecule has 2 N–H and O–H groups in total. The molecule has 0 radical (unpaired) electrons. The molecular formula is C13H18N2O. The van der Waals surface area contributed by atoms with Crippen molar-refractivity contribution in [3.63, 3.8) is 0 Å². The largest absolute Gasteiger partial charge is 0.342 e. The molecule has 0 atom stereocenters. The molecule has 16 heavy (non-hydrogen) atoms. The van der Waals surface area contributed by atoms with E-state index in [0.29, 0.717) is 18.9 Å². The zero-order valence-corrected chi connectivity index (χ0v) is 9.65. The molecular weight excluding hydrogens is 200 g/mol. The topological polar surface area (TPSA) is 46.3 Å². The Morgan fingerprint density at radius 1 is 1.44 bits per heavy atom. The van der Waals surface area contributed by atoms with Gasteiger partial charge in [0.15, 0.2) is 0 Å². The fourth-order valence-corrected chi connectivity index (χ4v) is 2.01. The third-order valence-electron chi connectivity index (χ3n) is 3.25. The van der Waals surface area contributed by atoms with Crippen LogP contribution in [-0.2, 0) is 11.2 Å². The summed E-state index contributed by atoms with van der Waals surface area (Å²) >= 11 is 0. The number of hydrogen-bond acceptors (Lipinski definition) is 2. The average Bonchev–Trinajstić information content (AvgIpc) is 2.20. The Morgan fingerprint density at radius 3 is 2.75 bits per heavy atom. The van der Waals surface area contributed by atoms with Crippen LogP contribution < -0.4 is 5.73 Å². The van der Waals surface area contributed by atoms with Crippen LogP contribution in [0.4, 0.5) is 0 Å². The molecule has 1 aliphatic rings. The SMILES string of the molecule is Cc1ccccc1CC(=O)N1CC(CN)C1. The minimum Gasteiger partial charge on any atom is -0.342 e. The van der Waals surface area contributed by atoms with Gasteiger partial charge in [-0.25, -0.2) is 0 Å². The zero-order chi connectivity index (χ0) is 11.5. The van der Waals surface area contributed by atoms with E-state index in [2.05, 4.69) is 0 Å². The van der Waals surface area contributed by atoms with Crippen LogP contribution >= 0.6 is 0 Å². The van der Waals surface area contributed by atoms with E-state index in [1.807, 2.05) is 36.1 Å². The van der Waals surface area contributed by atoms with Gasteiger partial charge in [0.2, 0.25) is 5.91 Å². The summed E-state index contributed by atoms with van der Waals surface area (Å²) in [7, 11) is 0. The molecule has 2 rings (SSSR count). The number of nitrogens with zero attached hydrogens (tertiary/aromatic N) is 1. The van der Waals surface area contributed by atoms with Crippen molar-refractivity contribution in [2.45, 2.75) is 13.3 Å². The molecule has 1 amide bonds. The number of amides is 1. The van der Waals surface area contributed by atoms with Crippen molar-refractivity contribution in [3.8, 4) is 0 Å². The number of carbonyl (C=O) groups is 1. The van der Waals surface area contributed by atoms with Crippen LogP contribution in [0, 0.1) is 12.8 Å². The van der Waals surface area contributed by atoms with Crippen molar-refractivity contribution in [1.29, 1.82) is 0 Å². The van der Waals surface area contributed by atoms with E-state index in [1.165, 1.54) is 5.56 Å². The second-order valence-corrected chi connectivity index (χ2v) is 4.50. The van der Waals surface area contributed by atoms with Gasteiger partial charge in [-0.05, 0) is 24.6 Å². The number of aryl methyl sites for hydroxylation is 1. The molecule has 0 saturated carbocycles. The Kier molecular flexibility index (Phi) is 3.25. The molecule has 1 saturated heterocycles. The lowest BCUT2D eigenvalue weighted by Gasteiger charge is -2.38. The first-order chi connectivity index (χ1) is 7.70. The summed E-state index contributed by atoms with van der Waals surface area (Å²) in [6.45, 7) is 4.40. The highest BCUT2D eigenvalue weighted by Crippen LogP contribution is 2.16. The third kappa shape index (κ3) is 2.25. The second-order valence-electron chi connectivity index (χ2n) is 4.50. The van der Waals surface area contributed by atoms with E-state index >= 15 is 0 Å². The van der Waals surface area contributed by atoms with Gasteiger partial charge < -0.3 is 10.6 Å². The van der Waals surface area contributed by atoms with Crippen molar-refractivity contribution in [1.82, 2.24) is 4.90 Å². The van der Waals surface area contributed by atoms with Crippen LogP contribution in [0.1, 0.15) is 11.1 Å². The van der Waals surface area contributed by atoms with Crippen LogP contribution in [0.5, 0.6) is 0 Å². The molecule has 3 heteroatoms. The lowest BCUT2D eigenvalue weighted by atomic mass is 9.98. The van der Waals surface area contributed by atoms with Crippen LogP contribution in [0.25, 0.3) is 0 Å². The molecule has 86 valence electrons. The van der Waals surface area contributed by atoms with Crippen molar-refractivity contribution < 1.29 is 4.79 Å². The molecule has 0 spiro atoms. The zero-order valence-electron chi connectivity index (χ0n) is 9.65. The first kappa shape index (κ1) is 11.1. The van der Waals surface area contributed by atoms with Gasteiger partial charge >= 0.3 is 0 Å². The molecule has 1 aromatic carbocycles. The highest BCUT2D eigenvalue weighted by molar-refractivity contribution is 5.79. The molecule has 1 fully saturated rings. The lowest BCUT2D eigenvalue weighted by Crippen LogP contribution is -2.53. The Morgan fingerprint density at radius 2 is 2.12 bits per heavy atom. The highest BCUT2D eigenvalue weighted by atomic mass is 16.2. The van der Waals surface area contributed by atoms with Gasteiger partial charge in [-0.1, -0.05) is 24.3 Å². The fourth-order valence-electron chi connectivity index (χ4n) is 2.01. The normalized spacial score (nSPS) is 16.0. The smallest absolute Gasteiger partial charge is 0.227 e. The maximum Gasteiger partial charge on any atom is 0.227 e. The summed E-state index contributed by atoms with van der Waals surface area (Å²) < 4.78 is 0. The first-order valence-corrected chi connectivity index (χ1v) is 5.73. The molecule has 0 bridgehead atoms. The summed E-state index contributed by atoms with van der Waals surface area (Å²) in [6, 6.07) is 8.04. The molecule has 3 nitrogen and oxygen atoms in total. The van der Waals surface area contributed by atoms with Gasteiger partial charge in [0, 0.05) is 19.0 Å². The van der Waals surface area contributed by atoms with E-state index in [9.17, 15) is 4.79 Å². The van der Waals surface area contributed by atoms with Crippen molar-refractivity contribution in [2.75, 3.05) is 19.6 Å². The Hall–Kier alpha value is -1.35. The molecule has 0 unspecified atom stereocenters. The predicted molar refractivity (Wildman–Crippen MR) is 64.0 cm³/mol. The Balaban J connectivity index is 1.91. The second kappa shape index (κ2) is 4.66. The van der Waals surface area contributed by atoms with Gasteiger partial charge in [-0.15, -0.1) is 0 Å². The molecule has 0 aliphatic carbocycles. The van der Waals surface area contributed by atoms with Gasteiger partial charge in [0.05, 0.1) is 6.42 Å². The van der Waals surface area contributed by atoms with E-state index in [0.717, 1.165) is 18.7 Å². The Labute approximate surface area is 96.2 Å². The third-order valence-corrected chi connectivity index (χ3v) is 3.25. The minimum absolute atomic E-state index is 0.221. The predicted octanol–water partition coefficient (Wildman–Crippen LogP) is 0.955. The molecule has 1 aromatic rings. The summed E-state index contributed by atoms with van der Waals surface area (Å²) in [6.07, 6.45) is 0.518. The number of nitrogens with two attached hydrogens (primary N) is 1. The molecule has 1 aliphatic heterocycles. The van der Waals surface area contributed by atoms with Crippen LogP contribution in [-0.4, -0.2) is 30.4 Å². The molecule has 0 aromatic heterocycles. The van der Waals surface area contributed by atoms with Crippen molar-refractivity contribution >= 4 is 5.91 Å². The van der Waals surface area contributed by atoms with Gasteiger partial charge in [0.25, 0.3) is 0 Å². The summed E-state index contributed by atoms with van der Waals surface area (Å²) in [5.74, 6) is 0.736. The highest BCUT2D eigenvalue weighted by Gasteiger charge is 2.29. The summed E-state index contributed by atoms with van der Waals surface area (Å²) in [5, 5.41) is 0. The minimum atomic E-state index is 0.221. The van der Waals surface area contributed by atoms with Crippen LogP contribution in [0.2, 0.25) is 0 Å². The van der Waals surface area contributed by atoms with E-state index in [-0.39, 0.29) is 5.91 Å². The number of rotatable bonds is 3. The van der Waals surface area contributed by atoms with E-state index in [4.69, 9.17) is 5.73 Å². The lowest BCUT2D eigenvalue weighted by molar-refractivity contribution is -0.136. The average molecular weight is 218 g/mol.